The van der Waals surface area contributed by atoms with Gasteiger partial charge in [0.2, 0.25) is 0 Å². The predicted octanol–water partition coefficient (Wildman–Crippen LogP) is 3.46. The Morgan fingerprint density at radius 1 is 1.20 bits per heavy atom. The molecule has 98 valence electrons. The summed E-state index contributed by atoms with van der Waals surface area (Å²) in [4.78, 5) is 12.0. The molecular formula is C17H13NO2. The molecule has 3 heteroatoms. The van der Waals surface area contributed by atoms with Crippen molar-refractivity contribution in [3.63, 3.8) is 0 Å². The van der Waals surface area contributed by atoms with Gasteiger partial charge in [0.1, 0.15) is 5.75 Å². The van der Waals surface area contributed by atoms with Crippen LogP contribution in [0.25, 0.3) is 6.08 Å². The fourth-order valence-electron chi connectivity index (χ4n) is 1.81. The van der Waals surface area contributed by atoms with E-state index in [9.17, 15) is 4.79 Å². The normalized spacial score (nSPS) is 10.2. The van der Waals surface area contributed by atoms with E-state index in [-0.39, 0.29) is 5.78 Å². The van der Waals surface area contributed by atoms with Crippen molar-refractivity contribution in [3.05, 3.63) is 71.3 Å². The van der Waals surface area contributed by atoms with E-state index in [1.54, 1.807) is 37.5 Å². The molecule has 0 N–H and O–H groups in total. The van der Waals surface area contributed by atoms with Crippen molar-refractivity contribution in [2.75, 3.05) is 7.11 Å². The molecular weight excluding hydrogens is 250 g/mol. The van der Waals surface area contributed by atoms with Crippen molar-refractivity contribution in [2.45, 2.75) is 0 Å². The number of nitrogens with zero attached hydrogens (tertiary/aromatic N) is 1. The van der Waals surface area contributed by atoms with Crippen molar-refractivity contribution in [2.24, 2.45) is 0 Å². The Hall–Kier alpha value is -2.86. The minimum atomic E-state index is -0.145. The fraction of sp³-hybridized carbons (Fsp3) is 0.0588. The van der Waals surface area contributed by atoms with Crippen molar-refractivity contribution in [3.8, 4) is 11.8 Å². The maximum atomic E-state index is 12.0. The van der Waals surface area contributed by atoms with Gasteiger partial charge in [-0.25, -0.2) is 0 Å². The first-order valence-corrected chi connectivity index (χ1v) is 6.10. The molecule has 3 nitrogen and oxygen atoms in total. The van der Waals surface area contributed by atoms with Crippen molar-refractivity contribution < 1.29 is 9.53 Å². The number of rotatable bonds is 4. The van der Waals surface area contributed by atoms with E-state index in [1.807, 2.05) is 30.3 Å². The molecule has 2 aromatic carbocycles. The van der Waals surface area contributed by atoms with Gasteiger partial charge in [0.25, 0.3) is 0 Å². The maximum absolute atomic E-state index is 12.0. The number of nitriles is 1. The quantitative estimate of drug-likeness (QED) is 0.627. The van der Waals surface area contributed by atoms with Crippen molar-refractivity contribution in [1.82, 2.24) is 0 Å². The van der Waals surface area contributed by atoms with Crippen LogP contribution in [0, 0.1) is 11.3 Å². The van der Waals surface area contributed by atoms with Crippen LogP contribution in [0.1, 0.15) is 21.5 Å². The zero-order valence-electron chi connectivity index (χ0n) is 11.0. The number of para-hydroxylation sites is 1. The molecule has 0 aromatic heterocycles. The Labute approximate surface area is 117 Å². The topological polar surface area (TPSA) is 50.1 Å². The third kappa shape index (κ3) is 3.12. The Kier molecular flexibility index (Phi) is 4.31. The van der Waals surface area contributed by atoms with E-state index < -0.39 is 0 Å². The molecule has 0 aliphatic carbocycles. The summed E-state index contributed by atoms with van der Waals surface area (Å²) in [7, 11) is 1.59. The molecule has 2 aromatic rings. The second kappa shape index (κ2) is 6.35. The average Bonchev–Trinajstić information content (AvgIpc) is 2.52. The van der Waals surface area contributed by atoms with Gasteiger partial charge in [-0.3, -0.25) is 4.79 Å². The van der Waals surface area contributed by atoms with Gasteiger partial charge >= 0.3 is 0 Å². The van der Waals surface area contributed by atoms with E-state index >= 15 is 0 Å². The number of ketones is 1. The second-order valence-corrected chi connectivity index (χ2v) is 4.13. The summed E-state index contributed by atoms with van der Waals surface area (Å²) in [5, 5.41) is 8.82. The summed E-state index contributed by atoms with van der Waals surface area (Å²) in [5.74, 6) is 0.565. The van der Waals surface area contributed by atoms with Crippen LogP contribution in [0.3, 0.4) is 0 Å². The fourth-order valence-corrected chi connectivity index (χ4v) is 1.81. The molecule has 0 aliphatic rings. The van der Waals surface area contributed by atoms with E-state index in [2.05, 4.69) is 0 Å². The lowest BCUT2D eigenvalue weighted by atomic mass is 10.1. The van der Waals surface area contributed by atoms with Crippen LogP contribution < -0.4 is 4.74 Å². The Morgan fingerprint density at radius 2 is 2.00 bits per heavy atom. The zero-order valence-corrected chi connectivity index (χ0v) is 11.0. The average molecular weight is 263 g/mol. The van der Waals surface area contributed by atoms with Gasteiger partial charge < -0.3 is 4.74 Å². The smallest absolute Gasteiger partial charge is 0.185 e. The van der Waals surface area contributed by atoms with E-state index in [0.29, 0.717) is 16.9 Å². The molecule has 0 heterocycles. The summed E-state index contributed by atoms with van der Waals surface area (Å²) in [6.07, 6.45) is 3.19. The minimum absolute atomic E-state index is 0.145. The Morgan fingerprint density at radius 3 is 2.75 bits per heavy atom. The number of carbonyl (C=O) groups is 1. The maximum Gasteiger partial charge on any atom is 0.185 e. The lowest BCUT2D eigenvalue weighted by Gasteiger charge is -2.03. The molecule has 0 radical (unpaired) electrons. The van der Waals surface area contributed by atoms with Gasteiger partial charge in [0, 0.05) is 11.1 Å². The minimum Gasteiger partial charge on any atom is -0.496 e. The summed E-state index contributed by atoms with van der Waals surface area (Å²) in [6.45, 7) is 0. The van der Waals surface area contributed by atoms with E-state index in [0.717, 1.165) is 5.56 Å². The molecule has 20 heavy (non-hydrogen) atoms. The van der Waals surface area contributed by atoms with Crippen LogP contribution in [0.2, 0.25) is 0 Å². The summed E-state index contributed by atoms with van der Waals surface area (Å²) in [5.41, 5.74) is 1.80. The standard InChI is InChI=1S/C17H13NO2/c1-20-17-8-3-2-6-14(17)9-10-16(19)15-7-4-5-13(11-15)12-18/h2-11H,1H3/b10-9+. The Balaban J connectivity index is 2.23. The van der Waals surface area contributed by atoms with E-state index in [4.69, 9.17) is 10.00 Å². The molecule has 0 spiro atoms. The number of methoxy groups -OCH3 is 1. The Bertz CT molecular complexity index is 696. The van der Waals surface area contributed by atoms with Crippen LogP contribution in [0.5, 0.6) is 5.75 Å². The van der Waals surface area contributed by atoms with Crippen LogP contribution in [-0.4, -0.2) is 12.9 Å². The van der Waals surface area contributed by atoms with Gasteiger partial charge in [-0.05, 0) is 30.4 Å². The monoisotopic (exact) mass is 263 g/mol. The molecule has 0 atom stereocenters. The number of ether oxygens (including phenoxy) is 1. The van der Waals surface area contributed by atoms with Crippen LogP contribution >= 0.6 is 0 Å². The first kappa shape index (κ1) is 13.6. The van der Waals surface area contributed by atoms with Gasteiger partial charge in [-0.15, -0.1) is 0 Å². The highest BCUT2D eigenvalue weighted by Crippen LogP contribution is 2.19. The first-order valence-electron chi connectivity index (χ1n) is 6.10. The predicted molar refractivity (Wildman–Crippen MR) is 77.5 cm³/mol. The van der Waals surface area contributed by atoms with Gasteiger partial charge in [0.15, 0.2) is 5.78 Å². The SMILES string of the molecule is COc1ccccc1/C=C/C(=O)c1cccc(C#N)c1. The lowest BCUT2D eigenvalue weighted by Crippen LogP contribution is -1.95. The molecule has 0 unspecified atom stereocenters. The highest BCUT2D eigenvalue weighted by molar-refractivity contribution is 6.07. The molecule has 0 saturated heterocycles. The molecule has 0 saturated carbocycles. The van der Waals surface area contributed by atoms with Crippen molar-refractivity contribution in [1.29, 1.82) is 5.26 Å². The molecule has 0 aliphatic heterocycles. The third-order valence-corrected chi connectivity index (χ3v) is 2.83. The number of allylic oxidation sites excluding steroid dienone is 1. The lowest BCUT2D eigenvalue weighted by molar-refractivity contribution is 0.104. The number of benzene rings is 2. The third-order valence-electron chi connectivity index (χ3n) is 2.83. The van der Waals surface area contributed by atoms with E-state index in [1.165, 1.54) is 6.08 Å². The molecule has 0 bridgehead atoms. The van der Waals surface area contributed by atoms with Gasteiger partial charge in [0.05, 0.1) is 18.7 Å². The number of hydrogen-bond acceptors (Lipinski definition) is 3. The van der Waals surface area contributed by atoms with Crippen LogP contribution in [0.15, 0.2) is 54.6 Å². The van der Waals surface area contributed by atoms with Crippen molar-refractivity contribution >= 4 is 11.9 Å². The number of carbonyl (C=O) groups excluding carboxylic acids is 1. The molecule has 0 amide bonds. The highest BCUT2D eigenvalue weighted by Gasteiger charge is 2.03. The highest BCUT2D eigenvalue weighted by atomic mass is 16.5. The number of hydrogen-bond donors (Lipinski definition) is 0. The zero-order chi connectivity index (χ0) is 14.4. The largest absolute Gasteiger partial charge is 0.496 e. The van der Waals surface area contributed by atoms with Gasteiger partial charge in [-0.2, -0.15) is 5.26 Å². The van der Waals surface area contributed by atoms with Crippen LogP contribution in [-0.2, 0) is 0 Å². The second-order valence-electron chi connectivity index (χ2n) is 4.13. The summed E-state index contributed by atoms with van der Waals surface area (Å²) < 4.78 is 5.21. The molecule has 0 fully saturated rings. The summed E-state index contributed by atoms with van der Waals surface area (Å²) >= 11 is 0. The first-order chi connectivity index (χ1) is 9.74. The van der Waals surface area contributed by atoms with Crippen LogP contribution in [0.4, 0.5) is 0 Å². The van der Waals surface area contributed by atoms with Gasteiger partial charge in [-0.1, -0.05) is 30.3 Å². The summed E-state index contributed by atoms with van der Waals surface area (Å²) in [6, 6.07) is 16.1. The molecule has 2 rings (SSSR count).